The first-order chi connectivity index (χ1) is 9.69. The maximum atomic E-state index is 6.22. The van der Waals surface area contributed by atoms with E-state index in [1.807, 2.05) is 7.11 Å². The molecule has 108 valence electrons. The maximum Gasteiger partial charge on any atom is 0.196 e. The van der Waals surface area contributed by atoms with Crippen LogP contribution in [0.3, 0.4) is 0 Å². The summed E-state index contributed by atoms with van der Waals surface area (Å²) in [6, 6.07) is 8.38. The highest BCUT2D eigenvalue weighted by molar-refractivity contribution is 5.99. The van der Waals surface area contributed by atoms with E-state index in [1.165, 1.54) is 18.4 Å². The molecule has 1 saturated carbocycles. The molecule has 0 bridgehead atoms. The molecule has 2 N–H and O–H groups in total. The highest BCUT2D eigenvalue weighted by Crippen LogP contribution is 2.42. The lowest BCUT2D eigenvalue weighted by Crippen LogP contribution is -2.61. The first-order valence-corrected chi connectivity index (χ1v) is 7.37. The van der Waals surface area contributed by atoms with Gasteiger partial charge in [-0.3, -0.25) is 4.99 Å². The van der Waals surface area contributed by atoms with Crippen molar-refractivity contribution >= 4 is 11.6 Å². The molecule has 1 fully saturated rings. The third kappa shape index (κ3) is 1.90. The van der Waals surface area contributed by atoms with Crippen molar-refractivity contribution in [3.8, 4) is 0 Å². The van der Waals surface area contributed by atoms with Gasteiger partial charge in [-0.25, -0.2) is 0 Å². The molecule has 0 saturated heterocycles. The summed E-state index contributed by atoms with van der Waals surface area (Å²) in [5.74, 6) is 0.628. The van der Waals surface area contributed by atoms with Crippen LogP contribution in [0.4, 0.5) is 5.69 Å². The Morgan fingerprint density at radius 2 is 2.15 bits per heavy atom. The highest BCUT2D eigenvalue weighted by atomic mass is 16.5. The zero-order chi connectivity index (χ0) is 14.2. The van der Waals surface area contributed by atoms with E-state index < -0.39 is 0 Å². The number of hydrogen-bond donors (Lipinski definition) is 1. The summed E-state index contributed by atoms with van der Waals surface area (Å²) in [6.45, 7) is 2.87. The van der Waals surface area contributed by atoms with E-state index in [4.69, 9.17) is 10.5 Å². The van der Waals surface area contributed by atoms with Gasteiger partial charge in [-0.05, 0) is 31.4 Å². The summed E-state index contributed by atoms with van der Waals surface area (Å²) in [4.78, 5) is 6.78. The molecule has 20 heavy (non-hydrogen) atoms. The molecule has 1 aromatic carbocycles. The molecule has 1 spiro atoms. The van der Waals surface area contributed by atoms with E-state index in [2.05, 4.69) is 41.1 Å². The minimum Gasteiger partial charge on any atom is -0.379 e. The van der Waals surface area contributed by atoms with Gasteiger partial charge < -0.3 is 15.4 Å². The van der Waals surface area contributed by atoms with Crippen molar-refractivity contribution in [1.29, 1.82) is 0 Å². The third-order valence-corrected chi connectivity index (χ3v) is 4.76. The molecular formula is C16H23N3O. The number of anilines is 1. The fourth-order valence-electron chi connectivity index (χ4n) is 3.73. The molecule has 0 radical (unpaired) electrons. The summed E-state index contributed by atoms with van der Waals surface area (Å²) in [5, 5.41) is 0. The minimum atomic E-state index is -0.0941. The second kappa shape index (κ2) is 5.09. The Morgan fingerprint density at radius 3 is 2.90 bits per heavy atom. The number of nitrogens with zero attached hydrogens (tertiary/aromatic N) is 2. The van der Waals surface area contributed by atoms with Crippen LogP contribution in [0.25, 0.3) is 0 Å². The molecule has 2 unspecified atom stereocenters. The van der Waals surface area contributed by atoms with Gasteiger partial charge in [-0.15, -0.1) is 0 Å². The number of nitrogens with two attached hydrogens (primary N) is 1. The standard InChI is InChI=1S/C16H23N3O/c1-12-7-3-4-8-13(12)19-15(17)18-11-16(19)10-6-5-9-14(16)20-2/h3-4,7-8,14H,5-6,9-11H2,1-2H3,(H2,17,18). The molecule has 2 atom stereocenters. The highest BCUT2D eigenvalue weighted by Gasteiger charge is 2.50. The Hall–Kier alpha value is -1.55. The number of rotatable bonds is 2. The lowest BCUT2D eigenvalue weighted by atomic mass is 9.78. The maximum absolute atomic E-state index is 6.22. The Bertz CT molecular complexity index is 528. The Labute approximate surface area is 120 Å². The molecule has 1 aliphatic heterocycles. The second-order valence-corrected chi connectivity index (χ2v) is 5.87. The van der Waals surface area contributed by atoms with Crippen molar-refractivity contribution in [2.75, 3.05) is 18.6 Å². The number of ether oxygens (including phenoxy) is 1. The van der Waals surface area contributed by atoms with Gasteiger partial charge in [0.15, 0.2) is 5.96 Å². The summed E-state index contributed by atoms with van der Waals surface area (Å²) in [6.07, 6.45) is 4.80. The van der Waals surface area contributed by atoms with Gasteiger partial charge in [0.1, 0.15) is 0 Å². The van der Waals surface area contributed by atoms with Crippen molar-refractivity contribution < 1.29 is 4.74 Å². The fourth-order valence-corrected chi connectivity index (χ4v) is 3.73. The molecule has 1 heterocycles. The summed E-state index contributed by atoms with van der Waals surface area (Å²) in [7, 11) is 1.81. The zero-order valence-electron chi connectivity index (χ0n) is 12.3. The average molecular weight is 273 g/mol. The van der Waals surface area contributed by atoms with Crippen molar-refractivity contribution in [3.63, 3.8) is 0 Å². The van der Waals surface area contributed by atoms with E-state index in [0.717, 1.165) is 25.1 Å². The Morgan fingerprint density at radius 1 is 1.35 bits per heavy atom. The molecular weight excluding hydrogens is 250 g/mol. The number of methoxy groups -OCH3 is 1. The lowest BCUT2D eigenvalue weighted by molar-refractivity contribution is 0.0143. The van der Waals surface area contributed by atoms with E-state index in [0.29, 0.717) is 5.96 Å². The largest absolute Gasteiger partial charge is 0.379 e. The minimum absolute atomic E-state index is 0.0941. The van der Waals surface area contributed by atoms with E-state index in [1.54, 1.807) is 0 Å². The SMILES string of the molecule is COC1CCCCC12CN=C(N)N2c1ccccc1C. The second-order valence-electron chi connectivity index (χ2n) is 5.87. The molecule has 4 nitrogen and oxygen atoms in total. The number of aryl methyl sites for hydroxylation is 1. The van der Waals surface area contributed by atoms with Crippen molar-refractivity contribution in [2.45, 2.75) is 44.2 Å². The summed E-state index contributed by atoms with van der Waals surface area (Å²) >= 11 is 0. The van der Waals surface area contributed by atoms with Gasteiger partial charge in [0.2, 0.25) is 0 Å². The van der Waals surface area contributed by atoms with Crippen LogP contribution < -0.4 is 10.6 Å². The van der Waals surface area contributed by atoms with Gasteiger partial charge in [0, 0.05) is 12.8 Å². The van der Waals surface area contributed by atoms with Gasteiger partial charge in [0.05, 0.1) is 18.2 Å². The molecule has 3 rings (SSSR count). The molecule has 2 aliphatic rings. The zero-order valence-corrected chi connectivity index (χ0v) is 12.3. The fraction of sp³-hybridized carbons (Fsp3) is 0.562. The Kier molecular flexibility index (Phi) is 3.42. The van der Waals surface area contributed by atoms with Crippen LogP contribution in [0.1, 0.15) is 31.2 Å². The van der Waals surface area contributed by atoms with E-state index >= 15 is 0 Å². The van der Waals surface area contributed by atoms with Crippen LogP contribution in [0.5, 0.6) is 0 Å². The van der Waals surface area contributed by atoms with Crippen molar-refractivity contribution in [1.82, 2.24) is 0 Å². The monoisotopic (exact) mass is 273 g/mol. The normalized spacial score (nSPS) is 29.8. The Balaban J connectivity index is 2.06. The lowest BCUT2D eigenvalue weighted by Gasteiger charge is -2.47. The van der Waals surface area contributed by atoms with Crippen LogP contribution in [0.2, 0.25) is 0 Å². The van der Waals surface area contributed by atoms with E-state index in [-0.39, 0.29) is 11.6 Å². The first-order valence-electron chi connectivity index (χ1n) is 7.37. The van der Waals surface area contributed by atoms with Gasteiger partial charge in [-0.1, -0.05) is 31.0 Å². The third-order valence-electron chi connectivity index (χ3n) is 4.76. The van der Waals surface area contributed by atoms with Crippen LogP contribution >= 0.6 is 0 Å². The first kappa shape index (κ1) is 13.4. The number of guanidine groups is 1. The molecule has 0 aromatic heterocycles. The number of aliphatic imine (C=N–C) groups is 1. The van der Waals surface area contributed by atoms with Crippen LogP contribution in [0.15, 0.2) is 29.3 Å². The topological polar surface area (TPSA) is 50.9 Å². The van der Waals surface area contributed by atoms with Crippen molar-refractivity contribution in [3.05, 3.63) is 29.8 Å². The quantitative estimate of drug-likeness (QED) is 0.900. The molecule has 0 amide bonds. The van der Waals surface area contributed by atoms with Crippen LogP contribution in [0, 0.1) is 6.92 Å². The van der Waals surface area contributed by atoms with Gasteiger partial charge in [0.25, 0.3) is 0 Å². The summed E-state index contributed by atoms with van der Waals surface area (Å²) in [5.41, 5.74) is 8.52. The van der Waals surface area contributed by atoms with Gasteiger partial charge in [-0.2, -0.15) is 0 Å². The molecule has 1 aliphatic carbocycles. The molecule has 4 heteroatoms. The average Bonchev–Trinajstić information content (AvgIpc) is 2.78. The smallest absolute Gasteiger partial charge is 0.196 e. The van der Waals surface area contributed by atoms with Crippen LogP contribution in [-0.2, 0) is 4.74 Å². The number of hydrogen-bond acceptors (Lipinski definition) is 4. The van der Waals surface area contributed by atoms with E-state index in [9.17, 15) is 0 Å². The van der Waals surface area contributed by atoms with Crippen molar-refractivity contribution in [2.24, 2.45) is 10.7 Å². The predicted octanol–water partition coefficient (Wildman–Crippen LogP) is 2.46. The number of benzene rings is 1. The number of para-hydroxylation sites is 1. The van der Waals surface area contributed by atoms with Gasteiger partial charge >= 0.3 is 0 Å². The molecule has 1 aromatic rings. The predicted molar refractivity (Wildman–Crippen MR) is 82.1 cm³/mol. The summed E-state index contributed by atoms with van der Waals surface area (Å²) < 4.78 is 5.80. The van der Waals surface area contributed by atoms with Crippen LogP contribution in [-0.4, -0.2) is 31.3 Å².